The Labute approximate surface area is 120 Å². The molecule has 1 heterocycles. The van der Waals surface area contributed by atoms with Crippen LogP contribution < -0.4 is 10.9 Å². The number of amides is 1. The van der Waals surface area contributed by atoms with Crippen molar-refractivity contribution in [2.45, 2.75) is 0 Å². The molecule has 0 aliphatic heterocycles. The first kappa shape index (κ1) is 13.9. The number of nitro groups is 1. The number of hydrogen-bond donors (Lipinski definition) is 2. The Kier molecular flexibility index (Phi) is 3.94. The number of hydrogen-bond acceptors (Lipinski definition) is 4. The van der Waals surface area contributed by atoms with E-state index in [9.17, 15) is 19.7 Å². The molecule has 0 saturated carbocycles. The van der Waals surface area contributed by atoms with Gasteiger partial charge in [0.25, 0.3) is 11.6 Å². The number of pyridine rings is 1. The van der Waals surface area contributed by atoms with Crippen LogP contribution in [0.4, 0.5) is 11.4 Å². The summed E-state index contributed by atoms with van der Waals surface area (Å²) in [5.74, 6) is -0.511. The second kappa shape index (κ2) is 5.66. The highest BCUT2D eigenvalue weighted by Crippen LogP contribution is 2.27. The molecule has 8 heteroatoms. The van der Waals surface area contributed by atoms with Gasteiger partial charge in [-0.15, -0.1) is 0 Å². The highest BCUT2D eigenvalue weighted by atomic mass is 79.9. The minimum absolute atomic E-state index is 0.101. The number of nitrogens with zero attached hydrogens (tertiary/aromatic N) is 1. The van der Waals surface area contributed by atoms with Gasteiger partial charge in [-0.3, -0.25) is 19.7 Å². The van der Waals surface area contributed by atoms with Crippen molar-refractivity contribution >= 4 is 33.2 Å². The van der Waals surface area contributed by atoms with Crippen LogP contribution in [0.5, 0.6) is 0 Å². The second-order valence-electron chi connectivity index (χ2n) is 3.81. The van der Waals surface area contributed by atoms with E-state index in [-0.39, 0.29) is 21.4 Å². The molecule has 0 bridgehead atoms. The lowest BCUT2D eigenvalue weighted by atomic mass is 10.2. The summed E-state index contributed by atoms with van der Waals surface area (Å²) >= 11 is 3.05. The van der Waals surface area contributed by atoms with Crippen molar-refractivity contribution in [2.75, 3.05) is 5.32 Å². The van der Waals surface area contributed by atoms with E-state index in [4.69, 9.17) is 0 Å². The number of carbonyl (C=O) groups is 1. The summed E-state index contributed by atoms with van der Waals surface area (Å²) in [7, 11) is 0. The van der Waals surface area contributed by atoms with Crippen LogP contribution in [0.1, 0.15) is 10.5 Å². The molecule has 7 nitrogen and oxygen atoms in total. The predicted octanol–water partition coefficient (Wildman–Crippen LogP) is 2.30. The van der Waals surface area contributed by atoms with Crippen molar-refractivity contribution in [3.05, 3.63) is 67.0 Å². The standard InChI is InChI=1S/C12H8BrN3O4/c13-8-6-7(4-5-10(8)16(19)20)14-12(18)9-2-1-3-11(17)15-9/h1-6H,(H,14,18)(H,15,17). The van der Waals surface area contributed by atoms with Crippen LogP contribution in [0.25, 0.3) is 0 Å². The molecule has 0 radical (unpaired) electrons. The molecule has 0 saturated heterocycles. The Morgan fingerprint density at radius 2 is 2.05 bits per heavy atom. The number of H-pyrrole nitrogens is 1. The lowest BCUT2D eigenvalue weighted by Gasteiger charge is -2.05. The first-order chi connectivity index (χ1) is 9.47. The van der Waals surface area contributed by atoms with Crippen molar-refractivity contribution < 1.29 is 9.72 Å². The van der Waals surface area contributed by atoms with Crippen LogP contribution in [0.2, 0.25) is 0 Å². The Balaban J connectivity index is 2.22. The van der Waals surface area contributed by atoms with Crippen molar-refractivity contribution in [3.63, 3.8) is 0 Å². The molecule has 1 aromatic heterocycles. The third-order valence-corrected chi connectivity index (χ3v) is 3.05. The van der Waals surface area contributed by atoms with E-state index in [0.29, 0.717) is 5.69 Å². The third kappa shape index (κ3) is 3.09. The number of aromatic nitrogens is 1. The molecule has 2 N–H and O–H groups in total. The molecule has 0 aliphatic rings. The van der Waals surface area contributed by atoms with Gasteiger partial charge in [0.1, 0.15) is 5.69 Å². The van der Waals surface area contributed by atoms with Crippen LogP contribution >= 0.6 is 15.9 Å². The summed E-state index contributed by atoms with van der Waals surface area (Å²) < 4.78 is 0.252. The summed E-state index contributed by atoms with van der Waals surface area (Å²) in [5.41, 5.74) is -0.0113. The Hall–Kier alpha value is -2.48. The third-order valence-electron chi connectivity index (χ3n) is 2.42. The zero-order valence-electron chi connectivity index (χ0n) is 9.92. The van der Waals surface area contributed by atoms with Crippen LogP contribution in [0, 0.1) is 10.1 Å². The van der Waals surface area contributed by atoms with Crippen LogP contribution in [0.3, 0.4) is 0 Å². The molecule has 1 amide bonds. The fourth-order valence-electron chi connectivity index (χ4n) is 1.51. The largest absolute Gasteiger partial charge is 0.321 e. The maximum Gasteiger partial charge on any atom is 0.283 e. The quantitative estimate of drug-likeness (QED) is 0.662. The fraction of sp³-hybridized carbons (Fsp3) is 0. The summed E-state index contributed by atoms with van der Waals surface area (Å²) in [5, 5.41) is 13.2. The monoisotopic (exact) mass is 337 g/mol. The molecule has 2 aromatic rings. The van der Waals surface area contributed by atoms with Gasteiger partial charge in [-0.1, -0.05) is 6.07 Å². The highest BCUT2D eigenvalue weighted by molar-refractivity contribution is 9.10. The Morgan fingerprint density at radius 3 is 2.65 bits per heavy atom. The van der Waals surface area contributed by atoms with Crippen LogP contribution in [0.15, 0.2) is 45.7 Å². The number of nitrogens with one attached hydrogen (secondary N) is 2. The fourth-order valence-corrected chi connectivity index (χ4v) is 2.03. The zero-order valence-corrected chi connectivity index (χ0v) is 11.5. The van der Waals surface area contributed by atoms with Crippen molar-refractivity contribution in [1.82, 2.24) is 4.98 Å². The lowest BCUT2D eigenvalue weighted by molar-refractivity contribution is -0.385. The highest BCUT2D eigenvalue weighted by Gasteiger charge is 2.13. The number of aromatic amines is 1. The number of carbonyl (C=O) groups excluding carboxylic acids is 1. The average molecular weight is 338 g/mol. The van der Waals surface area contributed by atoms with Gasteiger partial charge in [-0.25, -0.2) is 0 Å². The molecule has 0 aliphatic carbocycles. The van der Waals surface area contributed by atoms with E-state index in [0.717, 1.165) is 0 Å². The first-order valence-electron chi connectivity index (χ1n) is 5.42. The van der Waals surface area contributed by atoms with Gasteiger partial charge in [0.2, 0.25) is 5.56 Å². The average Bonchev–Trinajstić information content (AvgIpc) is 2.38. The smallest absolute Gasteiger partial charge is 0.283 e. The molecule has 2 rings (SSSR count). The minimum Gasteiger partial charge on any atom is -0.321 e. The normalized spacial score (nSPS) is 10.1. The van der Waals surface area contributed by atoms with E-state index < -0.39 is 10.8 Å². The molecular formula is C12H8BrN3O4. The molecular weight excluding hydrogens is 330 g/mol. The number of rotatable bonds is 3. The van der Waals surface area contributed by atoms with E-state index in [1.165, 1.54) is 36.4 Å². The van der Waals surface area contributed by atoms with Gasteiger partial charge >= 0.3 is 0 Å². The van der Waals surface area contributed by atoms with Gasteiger partial charge < -0.3 is 10.3 Å². The molecule has 0 fully saturated rings. The van der Waals surface area contributed by atoms with Gasteiger partial charge in [-0.2, -0.15) is 0 Å². The molecule has 0 atom stereocenters. The van der Waals surface area contributed by atoms with Gasteiger partial charge in [0, 0.05) is 17.8 Å². The van der Waals surface area contributed by atoms with Crippen LogP contribution in [-0.4, -0.2) is 15.8 Å². The van der Waals surface area contributed by atoms with Crippen LogP contribution in [-0.2, 0) is 0 Å². The first-order valence-corrected chi connectivity index (χ1v) is 6.21. The summed E-state index contributed by atoms with van der Waals surface area (Å²) in [4.78, 5) is 35.5. The molecule has 102 valence electrons. The topological polar surface area (TPSA) is 105 Å². The van der Waals surface area contributed by atoms with Gasteiger partial charge in [-0.05, 0) is 34.1 Å². The van der Waals surface area contributed by atoms with E-state index >= 15 is 0 Å². The summed E-state index contributed by atoms with van der Waals surface area (Å²) in [6.07, 6.45) is 0. The SMILES string of the molecule is O=C(Nc1ccc([N+](=O)[O-])c(Br)c1)c1cccc(=O)[nH]1. The summed E-state index contributed by atoms with van der Waals surface area (Å²) in [6, 6.07) is 8.29. The maximum atomic E-state index is 11.9. The second-order valence-corrected chi connectivity index (χ2v) is 4.66. The van der Waals surface area contributed by atoms with Gasteiger partial charge in [0.05, 0.1) is 9.40 Å². The van der Waals surface area contributed by atoms with Gasteiger partial charge in [0.15, 0.2) is 0 Å². The van der Waals surface area contributed by atoms with E-state index in [1.807, 2.05) is 0 Å². The van der Waals surface area contributed by atoms with Crippen molar-refractivity contribution in [2.24, 2.45) is 0 Å². The number of benzene rings is 1. The molecule has 1 aromatic carbocycles. The van der Waals surface area contributed by atoms with E-state index in [1.54, 1.807) is 0 Å². The van der Waals surface area contributed by atoms with Crippen molar-refractivity contribution in [3.8, 4) is 0 Å². The number of nitro benzene ring substituents is 1. The van der Waals surface area contributed by atoms with Crippen molar-refractivity contribution in [1.29, 1.82) is 0 Å². The molecule has 0 unspecified atom stereocenters. The maximum absolute atomic E-state index is 11.9. The molecule has 20 heavy (non-hydrogen) atoms. The number of halogens is 1. The molecule has 0 spiro atoms. The minimum atomic E-state index is -0.537. The number of anilines is 1. The Bertz CT molecular complexity index is 741. The predicted molar refractivity (Wildman–Crippen MR) is 75.8 cm³/mol. The zero-order chi connectivity index (χ0) is 14.7. The lowest BCUT2D eigenvalue weighted by Crippen LogP contribution is -2.17. The van der Waals surface area contributed by atoms with E-state index in [2.05, 4.69) is 26.2 Å². The Morgan fingerprint density at radius 1 is 1.30 bits per heavy atom. The summed E-state index contributed by atoms with van der Waals surface area (Å²) in [6.45, 7) is 0.